The lowest BCUT2D eigenvalue weighted by Gasteiger charge is -2.04. The summed E-state index contributed by atoms with van der Waals surface area (Å²) in [5, 5.41) is 10.6. The second kappa shape index (κ2) is 5.43. The summed E-state index contributed by atoms with van der Waals surface area (Å²) in [5.41, 5.74) is 2.65. The van der Waals surface area contributed by atoms with E-state index in [1.54, 1.807) is 12.1 Å². The van der Waals surface area contributed by atoms with Gasteiger partial charge in [-0.1, -0.05) is 42.5 Å². The van der Waals surface area contributed by atoms with Gasteiger partial charge < -0.3 is 0 Å². The van der Waals surface area contributed by atoms with Gasteiger partial charge in [-0.05, 0) is 17.5 Å². The fourth-order valence-corrected chi connectivity index (χ4v) is 2.45. The lowest BCUT2D eigenvalue weighted by molar-refractivity contribution is -0.384. The van der Waals surface area contributed by atoms with Crippen molar-refractivity contribution in [2.24, 2.45) is 0 Å². The topological polar surface area (TPSA) is 46.1 Å². The molecular formula is C16H16N2O2. The van der Waals surface area contributed by atoms with Crippen LogP contribution >= 0.6 is 0 Å². The third kappa shape index (κ3) is 3.03. The summed E-state index contributed by atoms with van der Waals surface area (Å²) in [6.07, 6.45) is 0.963. The molecule has 0 aliphatic carbocycles. The lowest BCUT2D eigenvalue weighted by Crippen LogP contribution is -2.04. The fourth-order valence-electron chi connectivity index (χ4n) is 2.45. The van der Waals surface area contributed by atoms with Crippen molar-refractivity contribution in [2.75, 3.05) is 6.54 Å². The van der Waals surface area contributed by atoms with Crippen molar-refractivity contribution < 1.29 is 4.92 Å². The quantitative estimate of drug-likeness (QED) is 0.475. The summed E-state index contributed by atoms with van der Waals surface area (Å²) in [5.74, 6) is 0. The van der Waals surface area contributed by atoms with E-state index in [1.807, 2.05) is 18.2 Å². The molecule has 1 aliphatic rings. The normalized spacial score (nSPS) is 20.6. The second-order valence-electron chi connectivity index (χ2n) is 5.20. The molecule has 1 heterocycles. The van der Waals surface area contributed by atoms with Crippen LogP contribution in [0.1, 0.15) is 11.1 Å². The SMILES string of the molecule is O=[N+]([O-])c1ccc(CC2CN2Cc2ccccc2)cc1. The number of non-ortho nitro benzene ring substituents is 1. The number of benzene rings is 2. The second-order valence-corrected chi connectivity index (χ2v) is 5.20. The Labute approximate surface area is 117 Å². The van der Waals surface area contributed by atoms with Crippen molar-refractivity contribution in [2.45, 2.75) is 19.0 Å². The molecule has 0 bridgehead atoms. The Hall–Kier alpha value is -2.20. The Bertz CT molecular complexity index is 596. The van der Waals surface area contributed by atoms with E-state index in [2.05, 4.69) is 29.2 Å². The van der Waals surface area contributed by atoms with E-state index in [1.165, 1.54) is 5.56 Å². The molecule has 0 saturated carbocycles. The van der Waals surface area contributed by atoms with E-state index >= 15 is 0 Å². The first-order chi connectivity index (χ1) is 9.72. The zero-order chi connectivity index (χ0) is 13.9. The van der Waals surface area contributed by atoms with Crippen LogP contribution in [0.4, 0.5) is 5.69 Å². The highest BCUT2D eigenvalue weighted by molar-refractivity contribution is 5.33. The van der Waals surface area contributed by atoms with Crippen molar-refractivity contribution >= 4 is 5.69 Å². The maximum atomic E-state index is 10.6. The van der Waals surface area contributed by atoms with Crippen molar-refractivity contribution in [3.63, 3.8) is 0 Å². The Kier molecular flexibility index (Phi) is 3.48. The highest BCUT2D eigenvalue weighted by Crippen LogP contribution is 2.25. The minimum absolute atomic E-state index is 0.158. The summed E-state index contributed by atoms with van der Waals surface area (Å²) in [7, 11) is 0. The molecule has 102 valence electrons. The predicted octanol–water partition coefficient (Wildman–Crippen LogP) is 3.02. The zero-order valence-electron chi connectivity index (χ0n) is 11.1. The van der Waals surface area contributed by atoms with E-state index < -0.39 is 0 Å². The molecule has 3 rings (SSSR count). The van der Waals surface area contributed by atoms with Gasteiger partial charge >= 0.3 is 0 Å². The van der Waals surface area contributed by atoms with Gasteiger partial charge in [0, 0.05) is 31.3 Å². The lowest BCUT2D eigenvalue weighted by atomic mass is 10.1. The maximum Gasteiger partial charge on any atom is 0.269 e. The minimum Gasteiger partial charge on any atom is -0.293 e. The molecule has 2 aromatic carbocycles. The van der Waals surface area contributed by atoms with Gasteiger partial charge in [-0.15, -0.1) is 0 Å². The molecule has 0 aromatic heterocycles. The number of hydrogen-bond acceptors (Lipinski definition) is 3. The van der Waals surface area contributed by atoms with Gasteiger partial charge in [0.1, 0.15) is 0 Å². The first-order valence-corrected chi connectivity index (χ1v) is 6.74. The molecule has 2 unspecified atom stereocenters. The van der Waals surface area contributed by atoms with Gasteiger partial charge in [-0.2, -0.15) is 0 Å². The van der Waals surface area contributed by atoms with E-state index in [4.69, 9.17) is 0 Å². The largest absolute Gasteiger partial charge is 0.293 e. The molecule has 2 aromatic rings. The molecule has 1 aliphatic heterocycles. The molecule has 1 saturated heterocycles. The van der Waals surface area contributed by atoms with Crippen LogP contribution in [-0.2, 0) is 13.0 Å². The number of hydrogen-bond donors (Lipinski definition) is 0. The smallest absolute Gasteiger partial charge is 0.269 e. The fraction of sp³-hybridized carbons (Fsp3) is 0.250. The molecule has 4 nitrogen and oxygen atoms in total. The predicted molar refractivity (Wildman–Crippen MR) is 77.4 cm³/mol. The summed E-state index contributed by atoms with van der Waals surface area (Å²) in [6, 6.07) is 17.9. The number of nitro benzene ring substituents is 1. The summed E-state index contributed by atoms with van der Waals surface area (Å²) >= 11 is 0. The molecular weight excluding hydrogens is 252 g/mol. The average Bonchev–Trinajstić information content (AvgIpc) is 3.18. The first kappa shape index (κ1) is 12.8. The third-order valence-corrected chi connectivity index (χ3v) is 3.68. The van der Waals surface area contributed by atoms with Crippen molar-refractivity contribution in [1.29, 1.82) is 0 Å². The van der Waals surface area contributed by atoms with Crippen LogP contribution < -0.4 is 0 Å². The van der Waals surface area contributed by atoms with E-state index in [9.17, 15) is 10.1 Å². The third-order valence-electron chi connectivity index (χ3n) is 3.68. The van der Waals surface area contributed by atoms with Crippen LogP contribution in [0, 0.1) is 10.1 Å². The Morgan fingerprint density at radius 1 is 1.05 bits per heavy atom. The Morgan fingerprint density at radius 3 is 2.40 bits per heavy atom. The highest BCUT2D eigenvalue weighted by atomic mass is 16.6. The highest BCUT2D eigenvalue weighted by Gasteiger charge is 2.33. The van der Waals surface area contributed by atoms with Gasteiger partial charge in [-0.25, -0.2) is 0 Å². The molecule has 4 heteroatoms. The maximum absolute atomic E-state index is 10.6. The van der Waals surface area contributed by atoms with Crippen LogP contribution in [0.2, 0.25) is 0 Å². The van der Waals surface area contributed by atoms with E-state index in [0.29, 0.717) is 6.04 Å². The van der Waals surface area contributed by atoms with Crippen molar-refractivity contribution in [3.8, 4) is 0 Å². The van der Waals surface area contributed by atoms with Gasteiger partial charge in [0.2, 0.25) is 0 Å². The first-order valence-electron chi connectivity index (χ1n) is 6.74. The van der Waals surface area contributed by atoms with Gasteiger partial charge in [0.25, 0.3) is 5.69 Å². The molecule has 0 radical (unpaired) electrons. The Balaban J connectivity index is 1.54. The zero-order valence-corrected chi connectivity index (χ0v) is 11.1. The van der Waals surface area contributed by atoms with Crippen LogP contribution in [0.3, 0.4) is 0 Å². The number of rotatable bonds is 5. The summed E-state index contributed by atoms with van der Waals surface area (Å²) in [6.45, 7) is 2.09. The van der Waals surface area contributed by atoms with Gasteiger partial charge in [-0.3, -0.25) is 15.0 Å². The number of nitro groups is 1. The van der Waals surface area contributed by atoms with Crippen LogP contribution in [0.5, 0.6) is 0 Å². The molecule has 0 N–H and O–H groups in total. The monoisotopic (exact) mass is 268 g/mol. The van der Waals surface area contributed by atoms with Crippen LogP contribution in [0.15, 0.2) is 54.6 Å². The molecule has 0 spiro atoms. The summed E-state index contributed by atoms with van der Waals surface area (Å²) < 4.78 is 0. The standard InChI is InChI=1S/C16H16N2O2/c19-18(20)15-8-6-13(7-9-15)10-16-12-17(16)11-14-4-2-1-3-5-14/h1-9,16H,10-12H2. The molecule has 20 heavy (non-hydrogen) atoms. The van der Waals surface area contributed by atoms with Crippen LogP contribution in [-0.4, -0.2) is 22.4 Å². The number of nitrogens with zero attached hydrogens (tertiary/aromatic N) is 2. The van der Waals surface area contributed by atoms with Crippen molar-refractivity contribution in [1.82, 2.24) is 4.90 Å². The van der Waals surface area contributed by atoms with Crippen LogP contribution in [0.25, 0.3) is 0 Å². The van der Waals surface area contributed by atoms with Gasteiger partial charge in [0.15, 0.2) is 0 Å². The molecule has 2 atom stereocenters. The minimum atomic E-state index is -0.359. The van der Waals surface area contributed by atoms with E-state index in [0.717, 1.165) is 25.1 Å². The van der Waals surface area contributed by atoms with E-state index in [-0.39, 0.29) is 10.6 Å². The van der Waals surface area contributed by atoms with Crippen molar-refractivity contribution in [3.05, 3.63) is 75.8 Å². The summed E-state index contributed by atoms with van der Waals surface area (Å²) in [4.78, 5) is 12.7. The molecule has 0 amide bonds. The molecule has 1 fully saturated rings. The van der Waals surface area contributed by atoms with Gasteiger partial charge in [0.05, 0.1) is 4.92 Å². The Morgan fingerprint density at radius 2 is 1.75 bits per heavy atom. The average molecular weight is 268 g/mol.